The van der Waals surface area contributed by atoms with Crippen molar-refractivity contribution in [3.05, 3.63) is 0 Å². The van der Waals surface area contributed by atoms with E-state index in [0.29, 0.717) is 5.17 Å². The second kappa shape index (κ2) is 6.34. The van der Waals surface area contributed by atoms with Gasteiger partial charge in [-0.15, -0.1) is 0 Å². The minimum Gasteiger partial charge on any atom is -0.286 e. The average Bonchev–Trinajstić information content (AvgIpc) is 2.28. The van der Waals surface area contributed by atoms with Crippen molar-refractivity contribution in [3.8, 4) is 0 Å². The van der Waals surface area contributed by atoms with Gasteiger partial charge in [0.1, 0.15) is 5.84 Å². The third-order valence-corrected chi connectivity index (χ3v) is 2.35. The van der Waals surface area contributed by atoms with Gasteiger partial charge in [-0.25, -0.2) is 0 Å². The van der Waals surface area contributed by atoms with Crippen LogP contribution in [0.15, 0.2) is 10.1 Å². The zero-order valence-corrected chi connectivity index (χ0v) is 10.3. The quantitative estimate of drug-likeness (QED) is 0.696. The maximum absolute atomic E-state index is 11.2. The summed E-state index contributed by atoms with van der Waals surface area (Å²) in [5.41, 5.74) is 0. The van der Waals surface area contributed by atoms with Gasteiger partial charge in [0, 0.05) is 6.72 Å². The highest BCUT2D eigenvalue weighted by atomic mass is 32.2. The Morgan fingerprint density at radius 2 is 2.13 bits per heavy atom. The predicted octanol–water partition coefficient (Wildman–Crippen LogP) is 1.80. The number of aliphatic imine (C=N–C) groups is 1. The highest BCUT2D eigenvalue weighted by Gasteiger charge is 2.30. The van der Waals surface area contributed by atoms with Crippen molar-refractivity contribution in [2.24, 2.45) is 16.0 Å². The number of nitrogens with one attached hydrogen (secondary N) is 1. The van der Waals surface area contributed by atoms with Crippen LogP contribution in [0.25, 0.3) is 0 Å². The summed E-state index contributed by atoms with van der Waals surface area (Å²) in [6, 6.07) is 0. The first kappa shape index (κ1) is 13.8. The molecule has 0 saturated carbocycles. The van der Waals surface area contributed by atoms with Crippen LogP contribution in [0.4, 0.5) is 0 Å². The minimum atomic E-state index is -0.526. The minimum absolute atomic E-state index is 0.124. The molecule has 1 rings (SSSR count). The number of amidine groups is 2. The fourth-order valence-corrected chi connectivity index (χ4v) is 1.42. The second-order valence-electron chi connectivity index (χ2n) is 2.50. The Kier molecular flexibility index (Phi) is 5.84. The van der Waals surface area contributed by atoms with Crippen LogP contribution in [0.2, 0.25) is 0 Å². The molecular formula is C9H16N4OS. The molecule has 0 aromatic carbocycles. The number of amides is 1. The van der Waals surface area contributed by atoms with Gasteiger partial charge < -0.3 is 0 Å². The molecule has 0 aliphatic carbocycles. The normalized spacial score (nSPS) is 20.4. The molecule has 1 unspecified atom stereocenters. The molecule has 1 aliphatic heterocycles. The molecule has 0 spiro atoms. The van der Waals surface area contributed by atoms with Crippen LogP contribution in [0, 0.1) is 11.3 Å². The number of rotatable bonds is 1. The molecule has 1 heterocycles. The van der Waals surface area contributed by atoms with Crippen LogP contribution in [0.3, 0.4) is 0 Å². The third kappa shape index (κ3) is 2.89. The lowest BCUT2D eigenvalue weighted by Crippen LogP contribution is -2.41. The summed E-state index contributed by atoms with van der Waals surface area (Å²) in [4.78, 5) is 15.0. The zero-order valence-electron chi connectivity index (χ0n) is 9.44. The third-order valence-electron chi connectivity index (χ3n) is 1.72. The maximum atomic E-state index is 11.2. The first-order valence-electron chi connectivity index (χ1n) is 4.63. The molecular weight excluding hydrogens is 212 g/mol. The molecule has 15 heavy (non-hydrogen) atoms. The number of thioether (sulfide) groups is 1. The smallest absolute Gasteiger partial charge is 0.258 e. The molecule has 0 aromatic rings. The Bertz CT molecular complexity index is 300. The molecule has 0 bridgehead atoms. The molecule has 0 aromatic heterocycles. The van der Waals surface area contributed by atoms with Gasteiger partial charge in [0.25, 0.3) is 5.91 Å². The molecule has 84 valence electrons. The maximum Gasteiger partial charge on any atom is 0.258 e. The molecule has 1 amide bonds. The van der Waals surface area contributed by atoms with Gasteiger partial charge in [0.15, 0.2) is 5.17 Å². The standard InChI is InChI=1S/C7H10N4OS.C2H6/c1-4-5(8)11(9-2)7(13-3)10-6(4)12;1-2/h4,8H,2H2,1,3H3;1-2H3. The van der Waals surface area contributed by atoms with Crippen LogP contribution in [-0.2, 0) is 4.79 Å². The summed E-state index contributed by atoms with van der Waals surface area (Å²) in [7, 11) is 0. The van der Waals surface area contributed by atoms with Gasteiger partial charge in [-0.3, -0.25) is 10.2 Å². The largest absolute Gasteiger partial charge is 0.286 e. The number of nitrogens with zero attached hydrogens (tertiary/aromatic N) is 3. The van der Waals surface area contributed by atoms with E-state index in [9.17, 15) is 4.79 Å². The summed E-state index contributed by atoms with van der Waals surface area (Å²) >= 11 is 1.27. The Balaban J connectivity index is 0.000000921. The number of hydrazone groups is 1. The number of carbonyl (C=O) groups is 1. The van der Waals surface area contributed by atoms with E-state index < -0.39 is 5.92 Å². The predicted molar refractivity (Wildman–Crippen MR) is 65.6 cm³/mol. The monoisotopic (exact) mass is 228 g/mol. The van der Waals surface area contributed by atoms with Gasteiger partial charge in [0.2, 0.25) is 0 Å². The van der Waals surface area contributed by atoms with E-state index in [2.05, 4.69) is 16.8 Å². The van der Waals surface area contributed by atoms with Crippen LogP contribution in [0.5, 0.6) is 0 Å². The van der Waals surface area contributed by atoms with E-state index >= 15 is 0 Å². The molecule has 1 atom stereocenters. The van der Waals surface area contributed by atoms with Crippen molar-refractivity contribution in [2.45, 2.75) is 20.8 Å². The van der Waals surface area contributed by atoms with Crippen molar-refractivity contribution in [2.75, 3.05) is 6.26 Å². The Morgan fingerprint density at radius 3 is 2.53 bits per heavy atom. The SMILES string of the molecule is C=NN1C(=N)C(C)C(=O)N=C1SC.CC. The van der Waals surface area contributed by atoms with E-state index in [1.54, 1.807) is 13.2 Å². The fraction of sp³-hybridized carbons (Fsp3) is 0.556. The Morgan fingerprint density at radius 1 is 1.60 bits per heavy atom. The molecule has 0 fully saturated rings. The number of hydrogen-bond acceptors (Lipinski definition) is 4. The first-order valence-corrected chi connectivity index (χ1v) is 5.86. The summed E-state index contributed by atoms with van der Waals surface area (Å²) < 4.78 is 0. The van der Waals surface area contributed by atoms with Gasteiger partial charge in [-0.2, -0.15) is 15.1 Å². The Labute approximate surface area is 94.1 Å². The summed E-state index contributed by atoms with van der Waals surface area (Å²) in [5, 5.41) is 12.9. The molecule has 0 radical (unpaired) electrons. The molecule has 5 nitrogen and oxygen atoms in total. The number of hydrogen-bond donors (Lipinski definition) is 1. The van der Waals surface area contributed by atoms with Crippen molar-refractivity contribution in [1.29, 1.82) is 5.41 Å². The van der Waals surface area contributed by atoms with Crippen molar-refractivity contribution < 1.29 is 4.79 Å². The summed E-state index contributed by atoms with van der Waals surface area (Å²) in [6.45, 7) is 8.95. The van der Waals surface area contributed by atoms with E-state index in [1.807, 2.05) is 13.8 Å². The van der Waals surface area contributed by atoms with Crippen LogP contribution < -0.4 is 0 Å². The summed E-state index contributed by atoms with van der Waals surface area (Å²) in [6.07, 6.45) is 1.77. The molecule has 1 aliphatic rings. The van der Waals surface area contributed by atoms with Gasteiger partial charge in [-0.05, 0) is 13.2 Å². The second-order valence-corrected chi connectivity index (χ2v) is 3.27. The zero-order chi connectivity index (χ0) is 12.0. The van der Waals surface area contributed by atoms with Crippen LogP contribution >= 0.6 is 11.8 Å². The summed E-state index contributed by atoms with van der Waals surface area (Å²) in [5.74, 6) is -0.699. The molecule has 1 N–H and O–H groups in total. The molecule has 0 saturated heterocycles. The topological polar surface area (TPSA) is 68.9 Å². The highest BCUT2D eigenvalue weighted by Crippen LogP contribution is 2.17. The fourth-order valence-electron chi connectivity index (χ4n) is 0.911. The van der Waals surface area contributed by atoms with Crippen LogP contribution in [0.1, 0.15) is 20.8 Å². The van der Waals surface area contributed by atoms with Crippen LogP contribution in [-0.4, -0.2) is 34.9 Å². The van der Waals surface area contributed by atoms with Crippen molar-refractivity contribution >= 4 is 35.4 Å². The van der Waals surface area contributed by atoms with Crippen molar-refractivity contribution in [3.63, 3.8) is 0 Å². The lowest BCUT2D eigenvalue weighted by Gasteiger charge is -2.25. The highest BCUT2D eigenvalue weighted by molar-refractivity contribution is 8.13. The lowest BCUT2D eigenvalue weighted by molar-refractivity contribution is -0.119. The van der Waals surface area contributed by atoms with Gasteiger partial charge in [0.05, 0.1) is 5.92 Å². The molecule has 6 heteroatoms. The van der Waals surface area contributed by atoms with Crippen molar-refractivity contribution in [1.82, 2.24) is 5.01 Å². The first-order chi connectivity index (χ1) is 7.11. The number of carbonyl (C=O) groups excluding carboxylic acids is 1. The van der Waals surface area contributed by atoms with E-state index in [0.717, 1.165) is 0 Å². The van der Waals surface area contributed by atoms with Gasteiger partial charge >= 0.3 is 0 Å². The Hall–Kier alpha value is -1.17. The van der Waals surface area contributed by atoms with E-state index in [4.69, 9.17) is 5.41 Å². The lowest BCUT2D eigenvalue weighted by atomic mass is 10.1. The van der Waals surface area contributed by atoms with E-state index in [1.165, 1.54) is 16.8 Å². The van der Waals surface area contributed by atoms with E-state index in [-0.39, 0.29) is 11.7 Å². The average molecular weight is 228 g/mol. The van der Waals surface area contributed by atoms with Gasteiger partial charge in [-0.1, -0.05) is 25.6 Å².